The molecule has 1 aromatic carbocycles. The minimum absolute atomic E-state index is 0.0689. The van der Waals surface area contributed by atoms with Crippen LogP contribution in [-0.2, 0) is 0 Å². The van der Waals surface area contributed by atoms with Gasteiger partial charge in [-0.2, -0.15) is 0 Å². The first-order valence-corrected chi connectivity index (χ1v) is 8.01. The molecule has 0 saturated carbocycles. The first-order chi connectivity index (χ1) is 11.6. The lowest BCUT2D eigenvalue weighted by Crippen LogP contribution is -2.47. The minimum Gasteiger partial charge on any atom is -0.476 e. The zero-order chi connectivity index (χ0) is 17.1. The largest absolute Gasteiger partial charge is 0.476 e. The molecule has 2 heterocycles. The summed E-state index contributed by atoms with van der Waals surface area (Å²) in [5.74, 6) is -0.746. The molecule has 1 aromatic heterocycles. The number of aromatic nitrogens is 3. The number of anilines is 1. The third kappa shape index (κ3) is 3.50. The number of carbonyl (C=O) groups is 1. The number of piperazine rings is 1. The van der Waals surface area contributed by atoms with E-state index < -0.39 is 5.97 Å². The topological polar surface area (TPSA) is 94.7 Å². The van der Waals surface area contributed by atoms with Crippen molar-refractivity contribution >= 4 is 23.4 Å². The zero-order valence-corrected chi connectivity index (χ0v) is 13.7. The number of aliphatic hydroxyl groups excluding tert-OH is 1. The van der Waals surface area contributed by atoms with Crippen molar-refractivity contribution in [3.05, 3.63) is 35.0 Å². The van der Waals surface area contributed by atoms with Crippen LogP contribution in [0, 0.1) is 0 Å². The molecule has 1 aliphatic rings. The van der Waals surface area contributed by atoms with Gasteiger partial charge in [-0.15, -0.1) is 15.0 Å². The van der Waals surface area contributed by atoms with Crippen molar-refractivity contribution in [3.8, 4) is 5.69 Å². The van der Waals surface area contributed by atoms with Gasteiger partial charge in [-0.05, 0) is 24.3 Å². The van der Waals surface area contributed by atoms with Crippen molar-refractivity contribution in [3.63, 3.8) is 0 Å². The average Bonchev–Trinajstić information content (AvgIpc) is 3.02. The highest BCUT2D eigenvalue weighted by atomic mass is 35.5. The van der Waals surface area contributed by atoms with Gasteiger partial charge in [0.15, 0.2) is 5.82 Å². The third-order valence-electron chi connectivity index (χ3n) is 3.94. The Hall–Kier alpha value is -2.16. The summed E-state index contributed by atoms with van der Waals surface area (Å²) in [6, 6.07) is 6.87. The number of halogens is 1. The quantitative estimate of drug-likeness (QED) is 0.820. The monoisotopic (exact) mass is 351 g/mol. The van der Waals surface area contributed by atoms with Crippen molar-refractivity contribution < 1.29 is 15.0 Å². The molecule has 24 heavy (non-hydrogen) atoms. The van der Waals surface area contributed by atoms with E-state index >= 15 is 0 Å². The van der Waals surface area contributed by atoms with Crippen LogP contribution in [-0.4, -0.2) is 75.4 Å². The molecule has 3 rings (SSSR count). The van der Waals surface area contributed by atoms with Gasteiger partial charge >= 0.3 is 5.97 Å². The number of β-amino-alcohol motifs (C(OH)–C–C–N with tert-alkyl or cyclic N) is 1. The molecule has 128 valence electrons. The molecule has 0 aliphatic carbocycles. The van der Waals surface area contributed by atoms with Crippen LogP contribution in [0.1, 0.15) is 10.5 Å². The Balaban J connectivity index is 1.85. The summed E-state index contributed by atoms with van der Waals surface area (Å²) in [4.78, 5) is 16.9. The average molecular weight is 352 g/mol. The van der Waals surface area contributed by atoms with Crippen molar-refractivity contribution in [2.45, 2.75) is 0 Å². The molecular formula is C15H18ClN5O3. The van der Waals surface area contributed by atoms with Crippen molar-refractivity contribution in [2.75, 3.05) is 44.2 Å². The van der Waals surface area contributed by atoms with E-state index in [0.717, 1.165) is 13.1 Å². The minimum atomic E-state index is -1.11. The number of aliphatic hydroxyl groups is 1. The van der Waals surface area contributed by atoms with Gasteiger partial charge in [0.05, 0.1) is 12.3 Å². The Morgan fingerprint density at radius 1 is 1.12 bits per heavy atom. The SMILES string of the molecule is O=C(O)c1nn(-c2ccc(Cl)cc2)nc1N1CCN(CCO)CC1. The molecule has 0 unspecified atom stereocenters. The number of benzene rings is 1. The Kier molecular flexibility index (Phi) is 4.98. The molecule has 2 N–H and O–H groups in total. The van der Waals surface area contributed by atoms with E-state index in [9.17, 15) is 9.90 Å². The van der Waals surface area contributed by atoms with E-state index in [-0.39, 0.29) is 12.3 Å². The number of hydrogen-bond donors (Lipinski definition) is 2. The Morgan fingerprint density at radius 2 is 1.79 bits per heavy atom. The molecule has 8 nitrogen and oxygen atoms in total. The molecule has 1 fully saturated rings. The molecule has 1 aliphatic heterocycles. The molecule has 0 bridgehead atoms. The molecule has 0 atom stereocenters. The van der Waals surface area contributed by atoms with Gasteiger partial charge in [0.1, 0.15) is 0 Å². The molecular weight excluding hydrogens is 334 g/mol. The number of nitrogens with zero attached hydrogens (tertiary/aromatic N) is 5. The predicted molar refractivity (Wildman–Crippen MR) is 89.1 cm³/mol. The fourth-order valence-electron chi connectivity index (χ4n) is 2.66. The van der Waals surface area contributed by atoms with Gasteiger partial charge in [0.25, 0.3) is 0 Å². The fraction of sp³-hybridized carbons (Fsp3) is 0.400. The first-order valence-electron chi connectivity index (χ1n) is 7.63. The van der Waals surface area contributed by atoms with Crippen LogP contribution in [0.15, 0.2) is 24.3 Å². The Bertz CT molecular complexity index is 710. The summed E-state index contributed by atoms with van der Waals surface area (Å²) in [6.07, 6.45) is 0. The Labute approximate surface area is 143 Å². The lowest BCUT2D eigenvalue weighted by molar-refractivity contribution is 0.0690. The van der Waals surface area contributed by atoms with Crippen LogP contribution in [0.2, 0.25) is 5.02 Å². The highest BCUT2D eigenvalue weighted by Gasteiger charge is 2.26. The van der Waals surface area contributed by atoms with Crippen LogP contribution in [0.5, 0.6) is 0 Å². The van der Waals surface area contributed by atoms with Gasteiger partial charge in [-0.1, -0.05) is 11.6 Å². The summed E-state index contributed by atoms with van der Waals surface area (Å²) in [5.41, 5.74) is 0.577. The molecule has 0 radical (unpaired) electrons. The number of hydrogen-bond acceptors (Lipinski definition) is 6. The van der Waals surface area contributed by atoms with Crippen molar-refractivity contribution in [1.82, 2.24) is 19.9 Å². The lowest BCUT2D eigenvalue weighted by atomic mass is 10.3. The van der Waals surface area contributed by atoms with Gasteiger partial charge in [-0.25, -0.2) is 4.79 Å². The van der Waals surface area contributed by atoms with Crippen LogP contribution in [0.4, 0.5) is 5.82 Å². The number of carboxylic acid groups (broad SMARTS) is 1. The van der Waals surface area contributed by atoms with Crippen LogP contribution < -0.4 is 4.90 Å². The molecule has 0 amide bonds. The molecule has 9 heteroatoms. The fourth-order valence-corrected chi connectivity index (χ4v) is 2.79. The van der Waals surface area contributed by atoms with E-state index in [1.807, 2.05) is 4.90 Å². The van der Waals surface area contributed by atoms with Crippen molar-refractivity contribution in [1.29, 1.82) is 0 Å². The summed E-state index contributed by atoms with van der Waals surface area (Å²) in [5, 5.41) is 27.5. The standard InChI is InChI=1S/C15H18ClN5O3/c16-11-1-3-12(4-2-11)21-17-13(15(23)24)14(18-21)20-7-5-19(6-8-20)9-10-22/h1-4,22H,5-10H2,(H,23,24). The first kappa shape index (κ1) is 16.7. The maximum absolute atomic E-state index is 11.5. The van der Waals surface area contributed by atoms with E-state index in [1.54, 1.807) is 24.3 Å². The van der Waals surface area contributed by atoms with E-state index in [0.29, 0.717) is 36.2 Å². The second kappa shape index (κ2) is 7.16. The Morgan fingerprint density at radius 3 is 2.38 bits per heavy atom. The second-order valence-electron chi connectivity index (χ2n) is 5.50. The highest BCUT2D eigenvalue weighted by Crippen LogP contribution is 2.20. The van der Waals surface area contributed by atoms with Crippen LogP contribution in [0.25, 0.3) is 5.69 Å². The van der Waals surface area contributed by atoms with E-state index in [2.05, 4.69) is 15.1 Å². The number of aromatic carboxylic acids is 1. The third-order valence-corrected chi connectivity index (χ3v) is 4.20. The normalized spacial score (nSPS) is 15.7. The smallest absolute Gasteiger partial charge is 0.360 e. The molecule has 1 saturated heterocycles. The summed E-state index contributed by atoms with van der Waals surface area (Å²) >= 11 is 5.87. The lowest BCUT2D eigenvalue weighted by Gasteiger charge is -2.34. The number of rotatable bonds is 5. The van der Waals surface area contributed by atoms with Gasteiger partial charge < -0.3 is 15.1 Å². The summed E-state index contributed by atoms with van der Waals surface area (Å²) in [7, 11) is 0. The molecule has 0 spiro atoms. The van der Waals surface area contributed by atoms with Gasteiger partial charge in [-0.3, -0.25) is 4.90 Å². The van der Waals surface area contributed by atoms with Crippen LogP contribution >= 0.6 is 11.6 Å². The summed E-state index contributed by atoms with van der Waals surface area (Å²) in [6.45, 7) is 3.50. The van der Waals surface area contributed by atoms with Gasteiger partial charge in [0, 0.05) is 37.7 Å². The van der Waals surface area contributed by atoms with E-state index in [1.165, 1.54) is 4.80 Å². The maximum atomic E-state index is 11.5. The van der Waals surface area contributed by atoms with Crippen molar-refractivity contribution in [2.24, 2.45) is 0 Å². The van der Waals surface area contributed by atoms with Gasteiger partial charge in [0.2, 0.25) is 5.69 Å². The van der Waals surface area contributed by atoms with Crippen LogP contribution in [0.3, 0.4) is 0 Å². The maximum Gasteiger partial charge on any atom is 0.360 e. The second-order valence-corrected chi connectivity index (χ2v) is 5.93. The highest BCUT2D eigenvalue weighted by molar-refractivity contribution is 6.30. The van der Waals surface area contributed by atoms with E-state index in [4.69, 9.17) is 16.7 Å². The zero-order valence-electron chi connectivity index (χ0n) is 13.0. The molecule has 2 aromatic rings. The summed E-state index contributed by atoms with van der Waals surface area (Å²) < 4.78 is 0. The number of carboxylic acids is 1. The predicted octanol–water partition coefficient (Wildman–Crippen LogP) is 0.733.